The van der Waals surface area contributed by atoms with Gasteiger partial charge in [0.2, 0.25) is 0 Å². The number of esters is 1. The van der Waals surface area contributed by atoms with E-state index in [1.54, 1.807) is 6.92 Å². The highest BCUT2D eigenvalue weighted by atomic mass is 32.2. The van der Waals surface area contributed by atoms with Crippen LogP contribution in [0.4, 0.5) is 13.2 Å². The van der Waals surface area contributed by atoms with E-state index in [1.165, 1.54) is 18.2 Å². The number of fused-ring (bicyclic) bond motifs is 1. The first-order valence-corrected chi connectivity index (χ1v) is 12.4. The molecule has 0 saturated heterocycles. The van der Waals surface area contributed by atoms with Crippen molar-refractivity contribution in [2.75, 3.05) is 6.61 Å². The van der Waals surface area contributed by atoms with E-state index in [-0.39, 0.29) is 35.7 Å². The summed E-state index contributed by atoms with van der Waals surface area (Å²) in [4.78, 5) is 12.1. The molecule has 1 saturated carbocycles. The summed E-state index contributed by atoms with van der Waals surface area (Å²) in [5.41, 5.74) is 0.651. The van der Waals surface area contributed by atoms with Crippen LogP contribution in [0.3, 0.4) is 0 Å². The average molecular weight is 492 g/mol. The Kier molecular flexibility index (Phi) is 8.11. The maximum atomic E-state index is 12.8. The van der Waals surface area contributed by atoms with E-state index in [4.69, 9.17) is 9.47 Å². The van der Waals surface area contributed by atoms with Crippen LogP contribution in [0.15, 0.2) is 18.2 Å². The topological polar surface area (TPSA) is 79.9 Å². The van der Waals surface area contributed by atoms with Crippen molar-refractivity contribution in [1.82, 2.24) is 4.72 Å². The lowest BCUT2D eigenvalue weighted by Gasteiger charge is -2.39. The van der Waals surface area contributed by atoms with E-state index >= 15 is 0 Å². The van der Waals surface area contributed by atoms with Gasteiger partial charge in [0.15, 0.2) is 0 Å². The van der Waals surface area contributed by atoms with E-state index in [9.17, 15) is 22.5 Å². The second-order valence-corrected chi connectivity index (χ2v) is 11.6. The number of benzene rings is 1. The molecule has 0 aromatic heterocycles. The monoisotopic (exact) mass is 491 g/mol. The van der Waals surface area contributed by atoms with Crippen LogP contribution in [0.25, 0.3) is 0 Å². The molecule has 3 atom stereocenters. The van der Waals surface area contributed by atoms with E-state index in [0.717, 1.165) is 12.8 Å². The molecule has 1 N–H and O–H groups in total. The molecule has 1 aliphatic carbocycles. The van der Waals surface area contributed by atoms with Gasteiger partial charge >= 0.3 is 12.3 Å². The summed E-state index contributed by atoms with van der Waals surface area (Å²) in [5, 5.41) is 0. The Bertz CT molecular complexity index is 821. The Morgan fingerprint density at radius 2 is 1.88 bits per heavy atom. The number of hydrogen-bond acceptors (Lipinski definition) is 6. The molecule has 1 aliphatic heterocycles. The number of hydrogen-bond donors (Lipinski definition) is 1. The van der Waals surface area contributed by atoms with Crippen molar-refractivity contribution in [1.29, 1.82) is 0 Å². The van der Waals surface area contributed by atoms with Crippen molar-refractivity contribution in [3.05, 3.63) is 23.8 Å². The molecule has 186 valence electrons. The first-order valence-electron chi connectivity index (χ1n) is 11.3. The van der Waals surface area contributed by atoms with Crippen molar-refractivity contribution in [3.63, 3.8) is 0 Å². The number of ether oxygens (including phenoxy) is 3. The van der Waals surface area contributed by atoms with Gasteiger partial charge < -0.3 is 18.8 Å². The molecule has 1 heterocycles. The van der Waals surface area contributed by atoms with Crippen molar-refractivity contribution >= 4 is 17.3 Å². The molecule has 0 amide bonds. The summed E-state index contributed by atoms with van der Waals surface area (Å²) in [7, 11) is 0. The van der Waals surface area contributed by atoms with Gasteiger partial charge in [0.05, 0.1) is 18.6 Å². The summed E-state index contributed by atoms with van der Waals surface area (Å²) < 4.78 is 69.0. The molecule has 33 heavy (non-hydrogen) atoms. The lowest BCUT2D eigenvalue weighted by Crippen LogP contribution is -2.45. The molecule has 6 nitrogen and oxygen atoms in total. The smallest absolute Gasteiger partial charge is 0.573 e. The number of nitrogens with one attached hydrogen (secondary N) is 1. The Morgan fingerprint density at radius 3 is 2.45 bits per heavy atom. The molecule has 0 radical (unpaired) electrons. The Balaban J connectivity index is 1.79. The minimum absolute atomic E-state index is 0.128. The number of carbonyl (C=O) groups is 1. The van der Waals surface area contributed by atoms with Crippen LogP contribution >= 0.6 is 0 Å². The fourth-order valence-electron chi connectivity index (χ4n) is 4.37. The van der Waals surface area contributed by atoms with Gasteiger partial charge in [0.25, 0.3) is 0 Å². The maximum absolute atomic E-state index is 12.8. The second kappa shape index (κ2) is 10.3. The summed E-state index contributed by atoms with van der Waals surface area (Å²) in [6.45, 7) is 7.68. The SMILES string of the molecule is CCOC(=O)C1CCC([C@H]2C[C@@H](N[S+]([O-])C(C)(C)C)c3ccc(OC(F)(F)F)cc3O2)CC1. The molecule has 1 unspecified atom stereocenters. The third-order valence-electron chi connectivity index (χ3n) is 6.06. The molecule has 10 heteroatoms. The van der Waals surface area contributed by atoms with Crippen molar-refractivity contribution in [2.24, 2.45) is 11.8 Å². The molecule has 1 fully saturated rings. The second-order valence-electron chi connectivity index (χ2n) is 9.55. The van der Waals surface area contributed by atoms with Crippen LogP contribution in [-0.4, -0.2) is 34.3 Å². The standard InChI is InChI=1S/C23H32F3NO5S/c1-5-30-21(28)15-8-6-14(7-9-15)19-13-18(27-33(29)22(2,3)4)17-11-10-16(12-20(17)31-19)32-23(24,25)26/h10-12,14-15,18-19,27H,5-9,13H2,1-4H3/t14?,15?,18-,19-,33?/m1/s1. The van der Waals surface area contributed by atoms with Crippen LogP contribution < -0.4 is 14.2 Å². The van der Waals surface area contributed by atoms with Crippen molar-refractivity contribution < 1.29 is 36.7 Å². The minimum atomic E-state index is -4.81. The third kappa shape index (κ3) is 6.93. The molecule has 0 spiro atoms. The number of alkyl halides is 3. The quantitative estimate of drug-likeness (QED) is 0.435. The molecule has 1 aromatic carbocycles. The highest BCUT2D eigenvalue weighted by Gasteiger charge is 2.40. The van der Waals surface area contributed by atoms with Gasteiger partial charge in [-0.25, -0.2) is 0 Å². The van der Waals surface area contributed by atoms with Gasteiger partial charge in [0, 0.05) is 29.4 Å². The van der Waals surface area contributed by atoms with Gasteiger partial charge in [-0.15, -0.1) is 17.9 Å². The van der Waals surface area contributed by atoms with Gasteiger partial charge in [0.1, 0.15) is 22.4 Å². The highest BCUT2D eigenvalue weighted by Crippen LogP contribution is 2.44. The minimum Gasteiger partial charge on any atom is -0.598 e. The van der Waals surface area contributed by atoms with Crippen LogP contribution in [0, 0.1) is 11.8 Å². The van der Waals surface area contributed by atoms with Gasteiger partial charge in [-0.2, -0.15) is 0 Å². The number of carbonyl (C=O) groups excluding carboxylic acids is 1. The average Bonchev–Trinajstić information content (AvgIpc) is 2.71. The lowest BCUT2D eigenvalue weighted by molar-refractivity contribution is -0.274. The normalized spacial score (nSPS) is 26.7. The van der Waals surface area contributed by atoms with Crippen LogP contribution in [0.5, 0.6) is 11.5 Å². The molecular formula is C23H32F3NO5S. The number of rotatable bonds is 6. The first-order chi connectivity index (χ1) is 15.4. The molecule has 2 aliphatic rings. The molecule has 3 rings (SSSR count). The summed E-state index contributed by atoms with van der Waals surface area (Å²) >= 11 is -1.38. The number of halogens is 3. The van der Waals surface area contributed by atoms with Crippen LogP contribution in [-0.2, 0) is 20.9 Å². The molecular weight excluding hydrogens is 459 g/mol. The van der Waals surface area contributed by atoms with Crippen molar-refractivity contribution in [3.8, 4) is 11.5 Å². The van der Waals surface area contributed by atoms with E-state index in [1.807, 2.05) is 20.8 Å². The summed E-state index contributed by atoms with van der Waals surface area (Å²) in [6.07, 6.45) is -1.70. The summed E-state index contributed by atoms with van der Waals surface area (Å²) in [6, 6.07) is 3.67. The first kappa shape index (κ1) is 26.0. The zero-order valence-corrected chi connectivity index (χ0v) is 20.2. The zero-order chi connectivity index (χ0) is 24.4. The molecule has 0 bridgehead atoms. The van der Waals surface area contributed by atoms with Crippen LogP contribution in [0.1, 0.15) is 71.4 Å². The van der Waals surface area contributed by atoms with Crippen LogP contribution in [0.2, 0.25) is 0 Å². The van der Waals surface area contributed by atoms with Gasteiger partial charge in [-0.05, 0) is 71.4 Å². The van der Waals surface area contributed by atoms with Gasteiger partial charge in [-0.3, -0.25) is 4.79 Å². The summed E-state index contributed by atoms with van der Waals surface area (Å²) in [5.74, 6) is -0.248. The fraction of sp³-hybridized carbons (Fsp3) is 0.696. The molecule has 1 aromatic rings. The highest BCUT2D eigenvalue weighted by molar-refractivity contribution is 7.90. The van der Waals surface area contributed by atoms with E-state index in [0.29, 0.717) is 37.2 Å². The van der Waals surface area contributed by atoms with E-state index in [2.05, 4.69) is 9.46 Å². The third-order valence-corrected chi connectivity index (χ3v) is 7.67. The fourth-order valence-corrected chi connectivity index (χ4v) is 5.20. The Hall–Kier alpha value is -1.65. The lowest BCUT2D eigenvalue weighted by atomic mass is 9.77. The van der Waals surface area contributed by atoms with Gasteiger partial charge in [-0.1, -0.05) is 0 Å². The van der Waals surface area contributed by atoms with Crippen molar-refractivity contribution in [2.45, 2.75) is 83.1 Å². The zero-order valence-electron chi connectivity index (χ0n) is 19.4. The largest absolute Gasteiger partial charge is 0.598 e. The predicted octanol–water partition coefficient (Wildman–Crippen LogP) is 5.20. The Labute approximate surface area is 195 Å². The predicted molar refractivity (Wildman–Crippen MR) is 118 cm³/mol. The van der Waals surface area contributed by atoms with E-state index < -0.39 is 22.5 Å². The maximum Gasteiger partial charge on any atom is 0.573 e. The Morgan fingerprint density at radius 1 is 1.21 bits per heavy atom.